The number of anilines is 1. The zero-order valence-corrected chi connectivity index (χ0v) is 15.2. The molecule has 0 aromatic carbocycles. The fourth-order valence-corrected chi connectivity index (χ4v) is 3.40. The van der Waals surface area contributed by atoms with Gasteiger partial charge in [0.2, 0.25) is 5.91 Å². The summed E-state index contributed by atoms with van der Waals surface area (Å²) in [5.41, 5.74) is 2.00. The molecule has 7 nitrogen and oxygen atoms in total. The minimum Gasteiger partial charge on any atom is -0.369 e. The predicted octanol–water partition coefficient (Wildman–Crippen LogP) is 2.48. The number of likely N-dealkylation sites (tertiary alicyclic amines) is 1. The molecule has 1 saturated heterocycles. The topological polar surface area (TPSA) is 75.9 Å². The molecule has 1 N–H and O–H groups in total. The fourth-order valence-electron chi connectivity index (χ4n) is 3.40. The monoisotopic (exact) mass is 342 g/mol. The van der Waals surface area contributed by atoms with Gasteiger partial charge in [0, 0.05) is 31.2 Å². The van der Waals surface area contributed by atoms with Crippen LogP contribution in [0.4, 0.5) is 5.82 Å². The van der Waals surface area contributed by atoms with Crippen molar-refractivity contribution in [3.05, 3.63) is 29.6 Å². The predicted molar refractivity (Wildman–Crippen MR) is 96.8 cm³/mol. The molecule has 0 unspecified atom stereocenters. The van der Waals surface area contributed by atoms with Crippen LogP contribution in [0.25, 0.3) is 5.82 Å². The number of aromatic nitrogens is 4. The molecule has 0 radical (unpaired) electrons. The van der Waals surface area contributed by atoms with Crippen LogP contribution in [-0.2, 0) is 4.79 Å². The first-order valence-electron chi connectivity index (χ1n) is 8.99. The molecule has 1 fully saturated rings. The van der Waals surface area contributed by atoms with E-state index in [2.05, 4.69) is 27.5 Å². The van der Waals surface area contributed by atoms with E-state index in [-0.39, 0.29) is 0 Å². The van der Waals surface area contributed by atoms with Gasteiger partial charge in [0.1, 0.15) is 5.82 Å². The van der Waals surface area contributed by atoms with Crippen molar-refractivity contribution >= 4 is 11.7 Å². The van der Waals surface area contributed by atoms with Crippen molar-refractivity contribution in [1.29, 1.82) is 0 Å². The van der Waals surface area contributed by atoms with Gasteiger partial charge in [0.25, 0.3) is 0 Å². The molecule has 1 atom stereocenters. The van der Waals surface area contributed by atoms with Gasteiger partial charge in [0.05, 0.1) is 5.69 Å². The van der Waals surface area contributed by atoms with Crippen molar-refractivity contribution < 1.29 is 4.79 Å². The van der Waals surface area contributed by atoms with E-state index in [1.165, 1.54) is 0 Å². The summed E-state index contributed by atoms with van der Waals surface area (Å²) in [6.45, 7) is 7.77. The van der Waals surface area contributed by atoms with Crippen LogP contribution < -0.4 is 5.32 Å². The van der Waals surface area contributed by atoms with Gasteiger partial charge < -0.3 is 10.2 Å². The molecule has 3 heterocycles. The van der Waals surface area contributed by atoms with Crippen LogP contribution in [0.15, 0.2) is 18.2 Å². The Morgan fingerprint density at radius 2 is 2.12 bits per heavy atom. The number of aryl methyl sites for hydroxylation is 2. The Kier molecular flexibility index (Phi) is 5.31. The van der Waals surface area contributed by atoms with Crippen LogP contribution in [-0.4, -0.2) is 49.9 Å². The van der Waals surface area contributed by atoms with E-state index < -0.39 is 0 Å². The zero-order chi connectivity index (χ0) is 17.8. The molecule has 0 bridgehead atoms. The van der Waals surface area contributed by atoms with E-state index in [0.717, 1.165) is 49.6 Å². The first-order valence-corrected chi connectivity index (χ1v) is 8.99. The van der Waals surface area contributed by atoms with E-state index in [1.54, 1.807) is 4.68 Å². The van der Waals surface area contributed by atoms with Gasteiger partial charge in [-0.25, -0.2) is 4.68 Å². The van der Waals surface area contributed by atoms with Crippen LogP contribution in [0, 0.1) is 13.8 Å². The normalized spacial score (nSPS) is 15.6. The summed E-state index contributed by atoms with van der Waals surface area (Å²) in [5, 5.41) is 16.2. The number of carbonyl (C=O) groups excluding carboxylic acids is 1. The summed E-state index contributed by atoms with van der Waals surface area (Å²) in [6, 6.07) is 6.15. The van der Waals surface area contributed by atoms with Crippen LogP contribution >= 0.6 is 0 Å². The summed E-state index contributed by atoms with van der Waals surface area (Å²) in [6.07, 6.45) is 3.59. The molecule has 2 aromatic rings. The van der Waals surface area contributed by atoms with Gasteiger partial charge >= 0.3 is 0 Å². The number of amides is 1. The van der Waals surface area contributed by atoms with E-state index in [1.807, 2.05) is 36.9 Å². The minimum absolute atomic E-state index is 0.292. The lowest BCUT2D eigenvalue weighted by molar-refractivity contribution is -0.129. The smallest absolute Gasteiger partial charge is 0.222 e. The molecule has 0 spiro atoms. The third-order valence-electron chi connectivity index (χ3n) is 4.68. The highest BCUT2D eigenvalue weighted by Crippen LogP contribution is 2.18. The van der Waals surface area contributed by atoms with Gasteiger partial charge in [-0.2, -0.15) is 5.10 Å². The molecular formula is C18H26N6O. The number of rotatable bonds is 7. The average molecular weight is 342 g/mol. The van der Waals surface area contributed by atoms with E-state index in [0.29, 0.717) is 24.2 Å². The maximum atomic E-state index is 11.9. The lowest BCUT2D eigenvalue weighted by Gasteiger charge is -2.26. The Balaban J connectivity index is 1.55. The first-order chi connectivity index (χ1) is 12.1. The van der Waals surface area contributed by atoms with E-state index in [9.17, 15) is 4.79 Å². The minimum atomic E-state index is 0.292. The standard InChI is InChI=1S/C18H26N6O/c1-4-15(23-11-5-6-18(23)25)9-10-19-16-7-8-17(21-20-16)24-14(3)12-13(2)22-24/h7-8,12,15H,4-6,9-11H2,1-3H3,(H,19,20)/t15-/m1/s1. The molecule has 25 heavy (non-hydrogen) atoms. The second-order valence-electron chi connectivity index (χ2n) is 6.58. The molecule has 0 saturated carbocycles. The summed E-state index contributed by atoms with van der Waals surface area (Å²) < 4.78 is 1.79. The second-order valence-corrected chi connectivity index (χ2v) is 6.58. The lowest BCUT2D eigenvalue weighted by Crippen LogP contribution is -2.37. The SMILES string of the molecule is CC[C@H](CCNc1ccc(-n2nc(C)cc2C)nn1)N1CCCC1=O. The highest BCUT2D eigenvalue weighted by molar-refractivity contribution is 5.78. The molecule has 3 rings (SSSR count). The first kappa shape index (κ1) is 17.4. The summed E-state index contributed by atoms with van der Waals surface area (Å²) >= 11 is 0. The van der Waals surface area contributed by atoms with E-state index >= 15 is 0 Å². The van der Waals surface area contributed by atoms with Crippen LogP contribution in [0.5, 0.6) is 0 Å². The number of hydrogen-bond acceptors (Lipinski definition) is 5. The van der Waals surface area contributed by atoms with Crippen molar-refractivity contribution in [2.75, 3.05) is 18.4 Å². The number of hydrogen-bond donors (Lipinski definition) is 1. The van der Waals surface area contributed by atoms with Gasteiger partial charge in [-0.3, -0.25) is 4.79 Å². The molecule has 1 amide bonds. The highest BCUT2D eigenvalue weighted by atomic mass is 16.2. The van der Waals surface area contributed by atoms with Gasteiger partial charge in [0.15, 0.2) is 5.82 Å². The van der Waals surface area contributed by atoms with Crippen molar-refractivity contribution in [2.45, 2.75) is 52.5 Å². The molecule has 1 aliphatic heterocycles. The summed E-state index contributed by atoms with van der Waals surface area (Å²) in [5.74, 6) is 1.75. The second kappa shape index (κ2) is 7.63. The summed E-state index contributed by atoms with van der Waals surface area (Å²) in [7, 11) is 0. The molecule has 134 valence electrons. The summed E-state index contributed by atoms with van der Waals surface area (Å²) in [4.78, 5) is 13.9. The van der Waals surface area contributed by atoms with Gasteiger partial charge in [-0.15, -0.1) is 10.2 Å². The maximum absolute atomic E-state index is 11.9. The zero-order valence-electron chi connectivity index (χ0n) is 15.2. The molecule has 7 heteroatoms. The van der Waals surface area contributed by atoms with Gasteiger partial charge in [-0.1, -0.05) is 6.92 Å². The Morgan fingerprint density at radius 3 is 2.68 bits per heavy atom. The Morgan fingerprint density at radius 1 is 1.28 bits per heavy atom. The Labute approximate surface area is 148 Å². The van der Waals surface area contributed by atoms with Crippen molar-refractivity contribution in [2.24, 2.45) is 0 Å². The van der Waals surface area contributed by atoms with Crippen molar-refractivity contribution in [1.82, 2.24) is 24.9 Å². The molecular weight excluding hydrogens is 316 g/mol. The van der Waals surface area contributed by atoms with Crippen molar-refractivity contribution in [3.8, 4) is 5.82 Å². The van der Waals surface area contributed by atoms with Crippen LogP contribution in [0.3, 0.4) is 0 Å². The number of carbonyl (C=O) groups is 1. The van der Waals surface area contributed by atoms with Crippen LogP contribution in [0.1, 0.15) is 44.0 Å². The largest absolute Gasteiger partial charge is 0.369 e. The average Bonchev–Trinajstić information content (AvgIpc) is 3.17. The number of nitrogens with one attached hydrogen (secondary N) is 1. The molecule has 0 aliphatic carbocycles. The van der Waals surface area contributed by atoms with E-state index in [4.69, 9.17) is 0 Å². The Bertz CT molecular complexity index is 724. The Hall–Kier alpha value is -2.44. The molecule has 1 aliphatic rings. The van der Waals surface area contributed by atoms with Crippen molar-refractivity contribution in [3.63, 3.8) is 0 Å². The molecule has 2 aromatic heterocycles. The van der Waals surface area contributed by atoms with Crippen LogP contribution in [0.2, 0.25) is 0 Å². The quantitative estimate of drug-likeness (QED) is 0.836. The third-order valence-corrected chi connectivity index (χ3v) is 4.68. The number of nitrogens with zero attached hydrogens (tertiary/aromatic N) is 5. The third kappa shape index (κ3) is 3.97. The van der Waals surface area contributed by atoms with Gasteiger partial charge in [-0.05, 0) is 51.3 Å². The lowest BCUT2D eigenvalue weighted by atomic mass is 10.1. The fraction of sp³-hybridized carbons (Fsp3) is 0.556. The maximum Gasteiger partial charge on any atom is 0.222 e. The highest BCUT2D eigenvalue weighted by Gasteiger charge is 2.26.